The van der Waals surface area contributed by atoms with Crippen molar-refractivity contribution < 1.29 is 18.4 Å². The Morgan fingerprint density at radius 1 is 1.38 bits per heavy atom. The number of carbonyl (C=O) groups excluding carboxylic acids is 2. The van der Waals surface area contributed by atoms with E-state index in [2.05, 4.69) is 5.32 Å². The zero-order valence-electron chi connectivity index (χ0n) is 11.2. The molecule has 1 aromatic heterocycles. The minimum Gasteiger partial charge on any atom is -0.369 e. The largest absolute Gasteiger partial charge is 0.369 e. The number of amides is 2. The van der Waals surface area contributed by atoms with Gasteiger partial charge in [-0.15, -0.1) is 11.3 Å². The molecule has 2 atom stereocenters. The lowest BCUT2D eigenvalue weighted by molar-refractivity contribution is -0.123. The van der Waals surface area contributed by atoms with Crippen LogP contribution in [0.4, 0.5) is 8.78 Å². The van der Waals surface area contributed by atoms with Crippen LogP contribution in [-0.2, 0) is 4.79 Å². The van der Waals surface area contributed by atoms with Gasteiger partial charge in [-0.25, -0.2) is 0 Å². The van der Waals surface area contributed by atoms with E-state index in [1.807, 2.05) is 0 Å². The van der Waals surface area contributed by atoms with E-state index in [-0.39, 0.29) is 21.7 Å². The van der Waals surface area contributed by atoms with Gasteiger partial charge in [-0.2, -0.15) is 8.78 Å². The minimum absolute atomic E-state index is 0.258. The first-order chi connectivity index (χ1) is 9.99. The molecule has 0 unspecified atom stereocenters. The monoisotopic (exact) mass is 334 g/mol. The molecule has 0 radical (unpaired) electrons. The van der Waals surface area contributed by atoms with Gasteiger partial charge in [0.2, 0.25) is 5.91 Å². The molecule has 0 bridgehead atoms. The molecule has 0 aromatic carbocycles. The van der Waals surface area contributed by atoms with Gasteiger partial charge in [-0.1, -0.05) is 24.6 Å². The third kappa shape index (κ3) is 4.16. The van der Waals surface area contributed by atoms with Crippen LogP contribution in [0.2, 0.25) is 0 Å². The number of thiophene rings is 1. The summed E-state index contributed by atoms with van der Waals surface area (Å²) < 4.78 is 24.9. The topological polar surface area (TPSA) is 72.2 Å². The van der Waals surface area contributed by atoms with Gasteiger partial charge in [0.15, 0.2) is 0 Å². The Morgan fingerprint density at radius 3 is 2.76 bits per heavy atom. The van der Waals surface area contributed by atoms with Gasteiger partial charge >= 0.3 is 0 Å². The smallest absolute Gasteiger partial charge is 0.288 e. The maximum Gasteiger partial charge on any atom is 0.288 e. The number of primary amides is 1. The lowest BCUT2D eigenvalue weighted by Crippen LogP contribution is -2.47. The molecule has 3 N–H and O–H groups in total. The van der Waals surface area contributed by atoms with Crippen molar-refractivity contribution in [1.29, 1.82) is 0 Å². The highest BCUT2D eigenvalue weighted by atomic mass is 32.2. The molecule has 1 aliphatic carbocycles. The first-order valence-electron chi connectivity index (χ1n) is 6.61. The Hall–Kier alpha value is -1.15. The lowest BCUT2D eigenvalue weighted by atomic mass is 9.84. The van der Waals surface area contributed by atoms with Crippen LogP contribution < -0.4 is 11.1 Å². The van der Waals surface area contributed by atoms with E-state index in [0.29, 0.717) is 24.6 Å². The Labute approximate surface area is 129 Å². The molecule has 0 aliphatic heterocycles. The second kappa shape index (κ2) is 7.22. The predicted octanol–water partition coefficient (Wildman–Crippen LogP) is 2.84. The number of carbonyl (C=O) groups is 2. The highest BCUT2D eigenvalue weighted by molar-refractivity contribution is 7.99. The number of thioether (sulfide) groups is 1. The highest BCUT2D eigenvalue weighted by Gasteiger charge is 2.31. The van der Waals surface area contributed by atoms with Crippen LogP contribution in [0.15, 0.2) is 16.3 Å². The Morgan fingerprint density at radius 2 is 2.10 bits per heavy atom. The van der Waals surface area contributed by atoms with Crippen LogP contribution in [-0.4, -0.2) is 23.6 Å². The van der Waals surface area contributed by atoms with Crippen LogP contribution in [0.3, 0.4) is 0 Å². The predicted molar refractivity (Wildman–Crippen MR) is 78.6 cm³/mol. The van der Waals surface area contributed by atoms with Gasteiger partial charge in [0.05, 0.1) is 5.92 Å². The highest BCUT2D eigenvalue weighted by Crippen LogP contribution is 2.32. The zero-order chi connectivity index (χ0) is 15.4. The fourth-order valence-corrected chi connectivity index (χ4v) is 4.13. The maximum absolute atomic E-state index is 12.4. The Balaban J connectivity index is 2.06. The van der Waals surface area contributed by atoms with E-state index in [4.69, 9.17) is 5.73 Å². The number of nitrogens with two attached hydrogens (primary N) is 1. The number of hydrogen-bond acceptors (Lipinski definition) is 4. The van der Waals surface area contributed by atoms with E-state index in [1.165, 1.54) is 6.07 Å². The average Bonchev–Trinajstić information content (AvgIpc) is 2.86. The van der Waals surface area contributed by atoms with Crippen LogP contribution in [0.1, 0.15) is 35.4 Å². The molecule has 4 nitrogen and oxygen atoms in total. The third-order valence-corrected chi connectivity index (χ3v) is 5.31. The molecule has 0 saturated heterocycles. The molecule has 1 heterocycles. The van der Waals surface area contributed by atoms with Crippen molar-refractivity contribution in [2.75, 3.05) is 0 Å². The maximum atomic E-state index is 12.4. The van der Waals surface area contributed by atoms with Crippen molar-refractivity contribution in [2.45, 2.75) is 42.4 Å². The van der Waals surface area contributed by atoms with Crippen molar-refractivity contribution in [3.05, 3.63) is 16.3 Å². The lowest BCUT2D eigenvalue weighted by Gasteiger charge is -2.29. The van der Waals surface area contributed by atoms with Gasteiger partial charge < -0.3 is 11.1 Å². The number of halogens is 2. The summed E-state index contributed by atoms with van der Waals surface area (Å²) in [7, 11) is 0. The first kappa shape index (κ1) is 16.2. The molecule has 116 valence electrons. The number of alkyl halides is 2. The Kier molecular flexibility index (Phi) is 5.58. The molecule has 1 aromatic rings. The molecule has 2 rings (SSSR count). The summed E-state index contributed by atoms with van der Waals surface area (Å²) in [5.41, 5.74) is 5.36. The summed E-state index contributed by atoms with van der Waals surface area (Å²) in [4.78, 5) is 24.2. The summed E-state index contributed by atoms with van der Waals surface area (Å²) >= 11 is 1.47. The molecular weight excluding hydrogens is 318 g/mol. The van der Waals surface area contributed by atoms with Gasteiger partial charge in [0, 0.05) is 10.9 Å². The van der Waals surface area contributed by atoms with Crippen molar-refractivity contribution in [2.24, 2.45) is 11.7 Å². The molecule has 0 spiro atoms. The van der Waals surface area contributed by atoms with Crippen molar-refractivity contribution >= 4 is 34.9 Å². The van der Waals surface area contributed by atoms with Crippen LogP contribution in [0, 0.1) is 5.92 Å². The fraction of sp³-hybridized carbons (Fsp3) is 0.538. The molecular formula is C13H16F2N2O2S2. The number of rotatable bonds is 5. The SMILES string of the molecule is NC(=O)[C@@H]1CCCC[C@@H]1NC(=O)c1sccc1SC(F)F. The number of hydrogen-bond donors (Lipinski definition) is 2. The first-order valence-corrected chi connectivity index (χ1v) is 8.37. The second-order valence-corrected chi connectivity index (χ2v) is 6.81. The average molecular weight is 334 g/mol. The Bertz CT molecular complexity index is 522. The minimum atomic E-state index is -2.57. The fourth-order valence-electron chi connectivity index (χ4n) is 2.53. The molecule has 8 heteroatoms. The van der Waals surface area contributed by atoms with Gasteiger partial charge in [-0.05, 0) is 24.3 Å². The quantitative estimate of drug-likeness (QED) is 0.813. The van der Waals surface area contributed by atoms with Gasteiger partial charge in [0.25, 0.3) is 11.7 Å². The summed E-state index contributed by atoms with van der Waals surface area (Å²) in [5.74, 6) is -3.78. The van der Waals surface area contributed by atoms with Gasteiger partial charge in [0.1, 0.15) is 4.88 Å². The summed E-state index contributed by atoms with van der Waals surface area (Å²) in [5, 5.41) is 4.38. The van der Waals surface area contributed by atoms with Crippen LogP contribution in [0.25, 0.3) is 0 Å². The van der Waals surface area contributed by atoms with Gasteiger partial charge in [-0.3, -0.25) is 9.59 Å². The van der Waals surface area contributed by atoms with Crippen molar-refractivity contribution in [3.8, 4) is 0 Å². The summed E-state index contributed by atoms with van der Waals surface area (Å²) in [6.07, 6.45) is 3.16. The molecule has 21 heavy (non-hydrogen) atoms. The molecule has 1 aliphatic rings. The zero-order valence-corrected chi connectivity index (χ0v) is 12.8. The molecule has 1 saturated carbocycles. The van der Waals surface area contributed by atoms with Crippen LogP contribution in [0.5, 0.6) is 0 Å². The number of nitrogens with one attached hydrogen (secondary N) is 1. The van der Waals surface area contributed by atoms with Crippen molar-refractivity contribution in [3.63, 3.8) is 0 Å². The standard InChI is InChI=1S/C13H16F2N2O2S2/c14-13(15)21-9-5-6-20-10(9)12(19)17-8-4-2-1-3-7(8)11(16)18/h5-8,13H,1-4H2,(H2,16,18)(H,17,19)/t7-,8+/m1/s1. The van der Waals surface area contributed by atoms with E-state index >= 15 is 0 Å². The van der Waals surface area contributed by atoms with Crippen LogP contribution >= 0.6 is 23.1 Å². The summed E-state index contributed by atoms with van der Waals surface area (Å²) in [6, 6.07) is 1.19. The molecule has 1 fully saturated rings. The van der Waals surface area contributed by atoms with E-state index < -0.39 is 17.6 Å². The van der Waals surface area contributed by atoms with E-state index in [1.54, 1.807) is 5.38 Å². The third-order valence-electron chi connectivity index (χ3n) is 3.50. The van der Waals surface area contributed by atoms with Crippen molar-refractivity contribution in [1.82, 2.24) is 5.32 Å². The van der Waals surface area contributed by atoms with E-state index in [9.17, 15) is 18.4 Å². The second-order valence-electron chi connectivity index (χ2n) is 4.87. The normalized spacial score (nSPS) is 22.2. The van der Waals surface area contributed by atoms with E-state index in [0.717, 1.165) is 24.2 Å². The molecule has 2 amide bonds. The summed E-state index contributed by atoms with van der Waals surface area (Å²) in [6.45, 7) is 0.